The van der Waals surface area contributed by atoms with Gasteiger partial charge in [0.2, 0.25) is 0 Å². The third-order valence-corrected chi connectivity index (χ3v) is 8.31. The van der Waals surface area contributed by atoms with E-state index in [2.05, 4.69) is 93.6 Å². The van der Waals surface area contributed by atoms with Gasteiger partial charge in [-0.1, -0.05) is 0 Å². The Morgan fingerprint density at radius 3 is 1.00 bits per heavy atom. The molecule has 0 unspecified atom stereocenters. The van der Waals surface area contributed by atoms with Crippen molar-refractivity contribution in [3.63, 3.8) is 0 Å². The van der Waals surface area contributed by atoms with Gasteiger partial charge in [-0.15, -0.1) is 0 Å². The van der Waals surface area contributed by atoms with Gasteiger partial charge in [0.25, 0.3) is 0 Å². The molecule has 0 fully saturated rings. The van der Waals surface area contributed by atoms with Crippen LogP contribution in [-0.4, -0.2) is 0 Å². The minimum atomic E-state index is -1.43. The predicted molar refractivity (Wildman–Crippen MR) is 102 cm³/mol. The van der Waals surface area contributed by atoms with Gasteiger partial charge in [0.15, 0.2) is 0 Å². The zero-order valence-electron chi connectivity index (χ0n) is 13.5. The van der Waals surface area contributed by atoms with Gasteiger partial charge in [0.1, 0.15) is 0 Å². The van der Waals surface area contributed by atoms with Crippen molar-refractivity contribution in [2.75, 3.05) is 0 Å². The van der Waals surface area contributed by atoms with Crippen molar-refractivity contribution < 1.29 is 0 Å². The summed E-state index contributed by atoms with van der Waals surface area (Å²) in [5.74, 6) is 0. The molecule has 0 amide bonds. The van der Waals surface area contributed by atoms with Gasteiger partial charge >= 0.3 is 134 Å². The Bertz CT molecular complexity index is 681. The number of benzene rings is 3. The van der Waals surface area contributed by atoms with Crippen LogP contribution in [0.15, 0.2) is 72.8 Å². The molecule has 112 valence electrons. The molecule has 22 heavy (non-hydrogen) atoms. The Morgan fingerprint density at radius 1 is 0.455 bits per heavy atom. The molecule has 0 aliphatic rings. The normalized spacial score (nSPS) is 11.3. The van der Waals surface area contributed by atoms with Gasteiger partial charge in [-0.2, -0.15) is 0 Å². The summed E-state index contributed by atoms with van der Waals surface area (Å²) in [6.07, 6.45) is 0. The summed E-state index contributed by atoms with van der Waals surface area (Å²) < 4.78 is 0. The van der Waals surface area contributed by atoms with Gasteiger partial charge < -0.3 is 0 Å². The van der Waals surface area contributed by atoms with E-state index in [1.54, 1.807) is 0 Å². The summed E-state index contributed by atoms with van der Waals surface area (Å²) in [6.45, 7) is 6.73. The Kier molecular flexibility index (Phi) is 4.41. The van der Waals surface area contributed by atoms with E-state index >= 15 is 0 Å². The third-order valence-electron chi connectivity index (χ3n) is 4.50. The molecule has 0 aromatic heterocycles. The van der Waals surface area contributed by atoms with Crippen LogP contribution in [0.5, 0.6) is 0 Å². The van der Waals surface area contributed by atoms with Crippen LogP contribution in [0.3, 0.4) is 0 Å². The molecule has 0 radical (unpaired) electrons. The van der Waals surface area contributed by atoms with Gasteiger partial charge in [-0.05, 0) is 0 Å². The molecule has 0 saturated heterocycles. The van der Waals surface area contributed by atoms with Crippen molar-refractivity contribution in [1.29, 1.82) is 0 Å². The minimum absolute atomic E-state index is 1.41. The molecule has 0 heterocycles. The molecular weight excluding hydrogens is 283 g/mol. The first-order valence-corrected chi connectivity index (χ1v) is 9.58. The second kappa shape index (κ2) is 6.46. The zero-order valence-corrected chi connectivity index (χ0v) is 14.7. The molecular formula is C21H23P. The predicted octanol–water partition coefficient (Wildman–Crippen LogP) is 3.83. The SMILES string of the molecule is Cc1ccccc1[PH2](c1ccccc1C)c1ccccc1C. The summed E-state index contributed by atoms with van der Waals surface area (Å²) in [5, 5.41) is 4.60. The summed E-state index contributed by atoms with van der Waals surface area (Å²) >= 11 is 0. The third kappa shape index (κ3) is 2.85. The van der Waals surface area contributed by atoms with Crippen LogP contribution in [0.1, 0.15) is 16.7 Å². The average Bonchev–Trinajstić information content (AvgIpc) is 2.53. The quantitative estimate of drug-likeness (QED) is 0.645. The number of aryl methyl sites for hydroxylation is 3. The molecule has 3 aromatic carbocycles. The second-order valence-corrected chi connectivity index (χ2v) is 8.73. The average molecular weight is 306 g/mol. The van der Waals surface area contributed by atoms with Gasteiger partial charge in [-0.25, -0.2) is 0 Å². The number of rotatable bonds is 3. The Balaban J connectivity index is 2.27. The van der Waals surface area contributed by atoms with E-state index in [-0.39, 0.29) is 0 Å². The standard InChI is InChI=1S/C21H23P/c1-16-10-4-7-13-19(16)22(20-14-8-5-11-17(20)2)21-15-9-6-12-18(21)3/h4-15H,22H2,1-3H3. The summed E-state index contributed by atoms with van der Waals surface area (Å²) in [7, 11) is -1.43. The zero-order chi connectivity index (χ0) is 15.5. The molecule has 0 nitrogen and oxygen atoms in total. The summed E-state index contributed by atoms with van der Waals surface area (Å²) in [6, 6.07) is 26.7. The van der Waals surface area contributed by atoms with E-state index in [0.717, 1.165) is 0 Å². The monoisotopic (exact) mass is 306 g/mol. The van der Waals surface area contributed by atoms with E-state index in [0.29, 0.717) is 0 Å². The van der Waals surface area contributed by atoms with Crippen molar-refractivity contribution in [3.05, 3.63) is 89.5 Å². The molecule has 0 bridgehead atoms. The van der Waals surface area contributed by atoms with Crippen molar-refractivity contribution in [1.82, 2.24) is 0 Å². The first-order valence-electron chi connectivity index (χ1n) is 7.85. The first-order chi connectivity index (χ1) is 10.7. The van der Waals surface area contributed by atoms with Crippen LogP contribution in [0.4, 0.5) is 0 Å². The van der Waals surface area contributed by atoms with Crippen molar-refractivity contribution in [3.8, 4) is 0 Å². The Morgan fingerprint density at radius 2 is 0.727 bits per heavy atom. The van der Waals surface area contributed by atoms with Crippen molar-refractivity contribution >= 4 is 23.8 Å². The number of hydrogen-bond donors (Lipinski definition) is 0. The van der Waals surface area contributed by atoms with Crippen molar-refractivity contribution in [2.45, 2.75) is 20.8 Å². The molecule has 3 aromatic rings. The topological polar surface area (TPSA) is 0 Å². The Hall–Kier alpha value is -1.91. The molecule has 0 N–H and O–H groups in total. The fourth-order valence-corrected chi connectivity index (χ4v) is 6.81. The van der Waals surface area contributed by atoms with Crippen LogP contribution in [0, 0.1) is 20.8 Å². The second-order valence-electron chi connectivity index (χ2n) is 6.00. The summed E-state index contributed by atoms with van der Waals surface area (Å²) in [5.41, 5.74) is 4.22. The van der Waals surface area contributed by atoms with Gasteiger partial charge in [0, 0.05) is 0 Å². The maximum absolute atomic E-state index is 2.32. The van der Waals surface area contributed by atoms with Crippen LogP contribution < -0.4 is 15.9 Å². The van der Waals surface area contributed by atoms with E-state index in [1.807, 2.05) is 0 Å². The van der Waals surface area contributed by atoms with Gasteiger partial charge in [-0.3, -0.25) is 0 Å². The van der Waals surface area contributed by atoms with Crippen LogP contribution in [0.2, 0.25) is 0 Å². The van der Waals surface area contributed by atoms with Crippen LogP contribution in [0.25, 0.3) is 0 Å². The van der Waals surface area contributed by atoms with Crippen LogP contribution in [-0.2, 0) is 0 Å². The van der Waals surface area contributed by atoms with Crippen LogP contribution >= 0.6 is 7.92 Å². The Labute approximate surface area is 134 Å². The molecule has 0 aliphatic carbocycles. The first kappa shape index (κ1) is 15.0. The fraction of sp³-hybridized carbons (Fsp3) is 0.143. The molecule has 0 saturated carbocycles. The van der Waals surface area contributed by atoms with Gasteiger partial charge in [0.05, 0.1) is 0 Å². The molecule has 3 rings (SSSR count). The fourth-order valence-electron chi connectivity index (χ4n) is 3.23. The molecule has 0 aliphatic heterocycles. The van der Waals surface area contributed by atoms with Crippen molar-refractivity contribution in [2.24, 2.45) is 0 Å². The van der Waals surface area contributed by atoms with E-state index in [4.69, 9.17) is 0 Å². The van der Waals surface area contributed by atoms with E-state index in [9.17, 15) is 0 Å². The molecule has 0 atom stereocenters. The van der Waals surface area contributed by atoms with E-state index < -0.39 is 7.92 Å². The maximum atomic E-state index is 2.32. The molecule has 0 spiro atoms. The molecule has 1 heteroatoms. The van der Waals surface area contributed by atoms with E-state index in [1.165, 1.54) is 32.6 Å². The number of hydrogen-bond acceptors (Lipinski definition) is 0. The summed E-state index contributed by atoms with van der Waals surface area (Å²) in [4.78, 5) is 0.